The summed E-state index contributed by atoms with van der Waals surface area (Å²) in [6.07, 6.45) is 3.94. The second kappa shape index (κ2) is 5.57. The molecule has 0 heterocycles. The quantitative estimate of drug-likeness (QED) is 0.781. The summed E-state index contributed by atoms with van der Waals surface area (Å²) in [6, 6.07) is 5.81. The maximum Gasteiger partial charge on any atom is 0.255 e. The van der Waals surface area contributed by atoms with Gasteiger partial charge in [-0.1, -0.05) is 6.08 Å². The highest BCUT2D eigenvalue weighted by atomic mass is 79.9. The van der Waals surface area contributed by atoms with Crippen LogP contribution in [-0.4, -0.2) is 30.5 Å². The Hall–Kier alpha value is -1.29. The zero-order chi connectivity index (χ0) is 13.1. The van der Waals surface area contributed by atoms with E-state index in [-0.39, 0.29) is 5.91 Å². The van der Waals surface area contributed by atoms with Crippen LogP contribution >= 0.6 is 15.9 Å². The zero-order valence-electron chi connectivity index (χ0n) is 10.4. The Bertz CT molecular complexity index is 469. The van der Waals surface area contributed by atoms with E-state index < -0.39 is 0 Å². The molecule has 1 aromatic carbocycles. The molecule has 0 radical (unpaired) electrons. The van der Waals surface area contributed by atoms with E-state index in [4.69, 9.17) is 4.74 Å². The Morgan fingerprint density at radius 3 is 2.89 bits per heavy atom. The molecule has 0 aromatic heterocycles. The molecule has 18 heavy (non-hydrogen) atoms. The van der Waals surface area contributed by atoms with E-state index in [9.17, 15) is 4.79 Å². The Balaban J connectivity index is 2.28. The van der Waals surface area contributed by atoms with Crippen LogP contribution in [0.3, 0.4) is 0 Å². The molecule has 0 bridgehead atoms. The van der Waals surface area contributed by atoms with Gasteiger partial charge in [-0.25, -0.2) is 0 Å². The van der Waals surface area contributed by atoms with Crippen LogP contribution in [0.25, 0.3) is 0 Å². The van der Waals surface area contributed by atoms with Gasteiger partial charge in [0.2, 0.25) is 0 Å². The second-order valence-corrected chi connectivity index (χ2v) is 5.18. The minimum absolute atomic E-state index is 0.0307. The molecule has 1 fully saturated rings. The SMILES string of the molecule is C=CCN(C(=O)c1cc(OC)ccc1Br)C1CC1. The third-order valence-electron chi connectivity index (χ3n) is 2.98. The summed E-state index contributed by atoms with van der Waals surface area (Å²) in [6.45, 7) is 4.30. The number of benzene rings is 1. The van der Waals surface area contributed by atoms with Crippen molar-refractivity contribution in [2.24, 2.45) is 0 Å². The molecule has 1 aromatic rings. The van der Waals surface area contributed by atoms with E-state index in [0.29, 0.717) is 23.9 Å². The van der Waals surface area contributed by atoms with Gasteiger partial charge >= 0.3 is 0 Å². The lowest BCUT2D eigenvalue weighted by Crippen LogP contribution is -2.33. The van der Waals surface area contributed by atoms with Gasteiger partial charge in [0.25, 0.3) is 5.91 Å². The van der Waals surface area contributed by atoms with Crippen LogP contribution in [0, 0.1) is 0 Å². The van der Waals surface area contributed by atoms with Crippen LogP contribution in [0.1, 0.15) is 23.2 Å². The molecule has 3 nitrogen and oxygen atoms in total. The van der Waals surface area contributed by atoms with Crippen molar-refractivity contribution in [1.82, 2.24) is 4.90 Å². The van der Waals surface area contributed by atoms with Crippen molar-refractivity contribution in [3.8, 4) is 5.75 Å². The van der Waals surface area contributed by atoms with Crippen LogP contribution in [-0.2, 0) is 0 Å². The van der Waals surface area contributed by atoms with Crippen molar-refractivity contribution in [2.45, 2.75) is 18.9 Å². The van der Waals surface area contributed by atoms with Gasteiger partial charge in [-0.3, -0.25) is 4.79 Å². The number of carbonyl (C=O) groups excluding carboxylic acids is 1. The predicted molar refractivity (Wildman–Crippen MR) is 74.9 cm³/mol. The monoisotopic (exact) mass is 309 g/mol. The number of halogens is 1. The number of carbonyl (C=O) groups is 1. The van der Waals surface area contributed by atoms with Gasteiger partial charge in [-0.2, -0.15) is 0 Å². The maximum absolute atomic E-state index is 12.5. The van der Waals surface area contributed by atoms with Gasteiger partial charge in [0.15, 0.2) is 0 Å². The van der Waals surface area contributed by atoms with Crippen LogP contribution in [0.4, 0.5) is 0 Å². The molecule has 4 heteroatoms. The average molecular weight is 310 g/mol. The fourth-order valence-corrected chi connectivity index (χ4v) is 2.29. The average Bonchev–Trinajstić information content (AvgIpc) is 3.20. The largest absolute Gasteiger partial charge is 0.497 e. The second-order valence-electron chi connectivity index (χ2n) is 4.32. The Morgan fingerprint density at radius 1 is 1.61 bits per heavy atom. The van der Waals surface area contributed by atoms with Crippen LogP contribution < -0.4 is 4.74 Å². The molecule has 0 aliphatic heterocycles. The maximum atomic E-state index is 12.5. The van der Waals surface area contributed by atoms with Gasteiger partial charge in [-0.15, -0.1) is 6.58 Å². The first-order chi connectivity index (χ1) is 8.67. The molecule has 1 amide bonds. The van der Waals surface area contributed by atoms with Gasteiger partial charge in [0.05, 0.1) is 12.7 Å². The highest BCUT2D eigenvalue weighted by Crippen LogP contribution is 2.30. The van der Waals surface area contributed by atoms with E-state index in [0.717, 1.165) is 17.3 Å². The molecular formula is C14H16BrNO2. The summed E-state index contributed by atoms with van der Waals surface area (Å²) < 4.78 is 5.96. The van der Waals surface area contributed by atoms with Crippen LogP contribution in [0.2, 0.25) is 0 Å². The van der Waals surface area contributed by atoms with Crippen molar-refractivity contribution in [3.05, 3.63) is 40.9 Å². The number of hydrogen-bond donors (Lipinski definition) is 0. The predicted octanol–water partition coefficient (Wildman–Crippen LogP) is 3.25. The fraction of sp³-hybridized carbons (Fsp3) is 0.357. The van der Waals surface area contributed by atoms with E-state index in [1.807, 2.05) is 17.0 Å². The first-order valence-corrected chi connectivity index (χ1v) is 6.72. The number of methoxy groups -OCH3 is 1. The summed E-state index contributed by atoms with van der Waals surface area (Å²) in [5.41, 5.74) is 0.642. The summed E-state index contributed by atoms with van der Waals surface area (Å²) in [5, 5.41) is 0. The summed E-state index contributed by atoms with van der Waals surface area (Å²) in [4.78, 5) is 14.4. The first kappa shape index (κ1) is 13.1. The van der Waals surface area contributed by atoms with Crippen LogP contribution in [0.5, 0.6) is 5.75 Å². The lowest BCUT2D eigenvalue weighted by molar-refractivity contribution is 0.0761. The fourth-order valence-electron chi connectivity index (χ4n) is 1.87. The van der Waals surface area contributed by atoms with Crippen molar-refractivity contribution in [2.75, 3.05) is 13.7 Å². The smallest absolute Gasteiger partial charge is 0.255 e. The number of hydrogen-bond acceptors (Lipinski definition) is 2. The number of rotatable bonds is 5. The van der Waals surface area contributed by atoms with Crippen molar-refractivity contribution in [3.63, 3.8) is 0 Å². The lowest BCUT2D eigenvalue weighted by atomic mass is 10.2. The lowest BCUT2D eigenvalue weighted by Gasteiger charge is -2.21. The van der Waals surface area contributed by atoms with E-state index >= 15 is 0 Å². The van der Waals surface area contributed by atoms with Gasteiger partial charge in [-0.05, 0) is 47.0 Å². The first-order valence-electron chi connectivity index (χ1n) is 5.92. The highest BCUT2D eigenvalue weighted by molar-refractivity contribution is 9.10. The van der Waals surface area contributed by atoms with E-state index in [2.05, 4.69) is 22.5 Å². The number of nitrogens with zero attached hydrogens (tertiary/aromatic N) is 1. The third kappa shape index (κ3) is 2.75. The summed E-state index contributed by atoms with van der Waals surface area (Å²) in [5.74, 6) is 0.721. The Labute approximate surface area is 116 Å². The summed E-state index contributed by atoms with van der Waals surface area (Å²) >= 11 is 3.42. The van der Waals surface area contributed by atoms with Gasteiger partial charge in [0, 0.05) is 17.1 Å². The Kier molecular flexibility index (Phi) is 4.07. The third-order valence-corrected chi connectivity index (χ3v) is 3.67. The molecular weight excluding hydrogens is 294 g/mol. The normalized spacial score (nSPS) is 14.1. The molecule has 0 spiro atoms. The molecule has 1 saturated carbocycles. The van der Waals surface area contributed by atoms with E-state index in [1.54, 1.807) is 19.3 Å². The molecule has 1 aliphatic rings. The zero-order valence-corrected chi connectivity index (χ0v) is 11.9. The molecule has 1 aliphatic carbocycles. The van der Waals surface area contributed by atoms with Crippen LogP contribution in [0.15, 0.2) is 35.3 Å². The van der Waals surface area contributed by atoms with Crippen molar-refractivity contribution in [1.29, 1.82) is 0 Å². The number of amides is 1. The number of ether oxygens (including phenoxy) is 1. The highest BCUT2D eigenvalue weighted by Gasteiger charge is 2.32. The molecule has 0 N–H and O–H groups in total. The Morgan fingerprint density at radius 2 is 2.33 bits per heavy atom. The standard InChI is InChI=1S/C14H16BrNO2/c1-3-8-16(10-4-5-10)14(17)12-9-11(18-2)6-7-13(12)15/h3,6-7,9-10H,1,4-5,8H2,2H3. The molecule has 96 valence electrons. The molecule has 0 unspecified atom stereocenters. The van der Waals surface area contributed by atoms with Gasteiger partial charge < -0.3 is 9.64 Å². The minimum atomic E-state index is 0.0307. The molecule has 0 saturated heterocycles. The molecule has 2 rings (SSSR count). The van der Waals surface area contributed by atoms with Gasteiger partial charge in [0.1, 0.15) is 5.75 Å². The topological polar surface area (TPSA) is 29.5 Å². The van der Waals surface area contributed by atoms with Crippen molar-refractivity contribution >= 4 is 21.8 Å². The summed E-state index contributed by atoms with van der Waals surface area (Å²) in [7, 11) is 1.60. The van der Waals surface area contributed by atoms with Crippen molar-refractivity contribution < 1.29 is 9.53 Å². The van der Waals surface area contributed by atoms with E-state index in [1.165, 1.54) is 0 Å². The molecule has 0 atom stereocenters. The minimum Gasteiger partial charge on any atom is -0.497 e.